The van der Waals surface area contributed by atoms with Crippen LogP contribution >= 0.6 is 0 Å². The second kappa shape index (κ2) is 4.74. The quantitative estimate of drug-likeness (QED) is 0.877. The summed E-state index contributed by atoms with van der Waals surface area (Å²) in [6.45, 7) is 0. The molecule has 1 aliphatic carbocycles. The van der Waals surface area contributed by atoms with Crippen molar-refractivity contribution in [3.05, 3.63) is 70.3 Å². The number of hydrogen-bond acceptors (Lipinski definition) is 1. The molecule has 0 heterocycles. The summed E-state index contributed by atoms with van der Waals surface area (Å²) in [5.41, 5.74) is 9.97. The molecule has 2 N–H and O–H groups in total. The van der Waals surface area contributed by atoms with E-state index in [2.05, 4.69) is 12.1 Å². The summed E-state index contributed by atoms with van der Waals surface area (Å²) >= 11 is 0. The van der Waals surface area contributed by atoms with Gasteiger partial charge >= 0.3 is 0 Å². The van der Waals surface area contributed by atoms with Gasteiger partial charge < -0.3 is 5.73 Å². The molecule has 0 radical (unpaired) electrons. The Labute approximate surface area is 111 Å². The summed E-state index contributed by atoms with van der Waals surface area (Å²) in [5, 5.41) is 0. The summed E-state index contributed by atoms with van der Waals surface area (Å²) < 4.78 is 26.7. The van der Waals surface area contributed by atoms with E-state index in [0.29, 0.717) is 5.56 Å². The van der Waals surface area contributed by atoms with Gasteiger partial charge in [-0.15, -0.1) is 0 Å². The van der Waals surface area contributed by atoms with Gasteiger partial charge in [-0.1, -0.05) is 24.3 Å². The van der Waals surface area contributed by atoms with Gasteiger partial charge in [0, 0.05) is 11.6 Å². The van der Waals surface area contributed by atoms with Crippen LogP contribution in [-0.2, 0) is 12.8 Å². The van der Waals surface area contributed by atoms with E-state index in [-0.39, 0.29) is 0 Å². The van der Waals surface area contributed by atoms with Gasteiger partial charge in [-0.05, 0) is 42.0 Å². The summed E-state index contributed by atoms with van der Waals surface area (Å²) in [6.07, 6.45) is 3.33. The molecule has 0 bridgehead atoms. The number of fused-ring (bicyclic) bond motifs is 1. The van der Waals surface area contributed by atoms with Crippen LogP contribution < -0.4 is 5.73 Å². The van der Waals surface area contributed by atoms with E-state index in [4.69, 9.17) is 5.73 Å². The molecule has 3 rings (SSSR count). The van der Waals surface area contributed by atoms with Crippen LogP contribution in [0.3, 0.4) is 0 Å². The molecule has 0 saturated carbocycles. The van der Waals surface area contributed by atoms with Gasteiger partial charge in [0.1, 0.15) is 11.6 Å². The average Bonchev–Trinajstić information content (AvgIpc) is 2.85. The first kappa shape index (κ1) is 12.3. The van der Waals surface area contributed by atoms with Crippen molar-refractivity contribution < 1.29 is 8.78 Å². The summed E-state index contributed by atoms with van der Waals surface area (Å²) in [4.78, 5) is 0. The second-order valence-corrected chi connectivity index (χ2v) is 5.03. The highest BCUT2D eigenvalue weighted by Crippen LogP contribution is 2.28. The zero-order valence-electron chi connectivity index (χ0n) is 10.5. The Morgan fingerprint density at radius 3 is 2.53 bits per heavy atom. The van der Waals surface area contributed by atoms with E-state index in [9.17, 15) is 8.78 Å². The molecule has 98 valence electrons. The zero-order valence-corrected chi connectivity index (χ0v) is 10.5. The Bertz CT molecular complexity index is 622. The maximum atomic E-state index is 13.7. The molecule has 0 aliphatic heterocycles. The lowest BCUT2D eigenvalue weighted by Crippen LogP contribution is -2.14. The first-order valence-electron chi connectivity index (χ1n) is 6.47. The molecule has 1 nitrogen and oxygen atoms in total. The number of aryl methyl sites for hydroxylation is 2. The smallest absolute Gasteiger partial charge is 0.131 e. The number of rotatable bonds is 2. The Hall–Kier alpha value is -1.74. The molecule has 0 spiro atoms. The van der Waals surface area contributed by atoms with Gasteiger partial charge in [-0.3, -0.25) is 0 Å². The van der Waals surface area contributed by atoms with Crippen LogP contribution in [-0.4, -0.2) is 0 Å². The number of nitrogens with two attached hydrogens (primary N) is 1. The highest BCUT2D eigenvalue weighted by atomic mass is 19.1. The van der Waals surface area contributed by atoms with E-state index < -0.39 is 17.7 Å². The van der Waals surface area contributed by atoms with E-state index in [1.54, 1.807) is 0 Å². The molecule has 2 aromatic carbocycles. The average molecular weight is 259 g/mol. The molecule has 3 heteroatoms. The Morgan fingerprint density at radius 2 is 1.74 bits per heavy atom. The highest BCUT2D eigenvalue weighted by Gasteiger charge is 2.17. The molecule has 1 aliphatic rings. The van der Waals surface area contributed by atoms with Crippen molar-refractivity contribution in [3.63, 3.8) is 0 Å². The van der Waals surface area contributed by atoms with Crippen molar-refractivity contribution in [1.82, 2.24) is 0 Å². The summed E-state index contributed by atoms with van der Waals surface area (Å²) in [5.74, 6) is -1.17. The minimum atomic E-state index is -0.590. The topological polar surface area (TPSA) is 26.0 Å². The molecule has 0 amide bonds. The number of halogens is 2. The van der Waals surface area contributed by atoms with E-state index in [1.807, 2.05) is 6.07 Å². The van der Waals surface area contributed by atoms with Gasteiger partial charge in [0.15, 0.2) is 0 Å². The lowest BCUT2D eigenvalue weighted by atomic mass is 9.96. The molecule has 1 atom stereocenters. The van der Waals surface area contributed by atoms with Gasteiger partial charge in [0.25, 0.3) is 0 Å². The van der Waals surface area contributed by atoms with Gasteiger partial charge in [-0.2, -0.15) is 0 Å². The minimum absolute atomic E-state index is 0.333. The summed E-state index contributed by atoms with van der Waals surface area (Å²) in [6, 6.07) is 9.05. The van der Waals surface area contributed by atoms with Crippen molar-refractivity contribution in [1.29, 1.82) is 0 Å². The minimum Gasteiger partial charge on any atom is -0.320 e. The lowest BCUT2D eigenvalue weighted by molar-refractivity contribution is 0.566. The third kappa shape index (κ3) is 2.26. The summed E-state index contributed by atoms with van der Waals surface area (Å²) in [7, 11) is 0. The van der Waals surface area contributed by atoms with Gasteiger partial charge in [-0.25, -0.2) is 8.78 Å². The van der Waals surface area contributed by atoms with E-state index >= 15 is 0 Å². The van der Waals surface area contributed by atoms with E-state index in [0.717, 1.165) is 24.5 Å². The molecule has 19 heavy (non-hydrogen) atoms. The highest BCUT2D eigenvalue weighted by molar-refractivity contribution is 5.40. The Balaban J connectivity index is 1.97. The van der Waals surface area contributed by atoms with Crippen LogP contribution in [0, 0.1) is 11.6 Å². The predicted molar refractivity (Wildman–Crippen MR) is 70.9 cm³/mol. The van der Waals surface area contributed by atoms with Crippen LogP contribution in [0.1, 0.15) is 34.7 Å². The number of benzene rings is 2. The second-order valence-electron chi connectivity index (χ2n) is 5.03. The fraction of sp³-hybridized carbons (Fsp3) is 0.250. The largest absolute Gasteiger partial charge is 0.320 e. The van der Waals surface area contributed by atoms with Crippen molar-refractivity contribution >= 4 is 0 Å². The molecule has 0 fully saturated rings. The van der Waals surface area contributed by atoms with E-state index in [1.165, 1.54) is 29.7 Å². The maximum absolute atomic E-state index is 13.7. The molecule has 0 aromatic heterocycles. The monoisotopic (exact) mass is 259 g/mol. The first-order valence-corrected chi connectivity index (χ1v) is 6.47. The molecule has 1 unspecified atom stereocenters. The fourth-order valence-electron chi connectivity index (χ4n) is 2.72. The van der Waals surface area contributed by atoms with Gasteiger partial charge in [0.2, 0.25) is 0 Å². The zero-order chi connectivity index (χ0) is 13.4. The molecule has 2 aromatic rings. The molecular formula is C16H15F2N. The Kier molecular flexibility index (Phi) is 3.07. The van der Waals surface area contributed by atoms with Crippen LogP contribution in [0.2, 0.25) is 0 Å². The van der Waals surface area contributed by atoms with Crippen LogP contribution in [0.4, 0.5) is 8.78 Å². The van der Waals surface area contributed by atoms with Crippen LogP contribution in [0.5, 0.6) is 0 Å². The first-order chi connectivity index (χ1) is 9.15. The van der Waals surface area contributed by atoms with Gasteiger partial charge in [0.05, 0.1) is 6.04 Å². The standard InChI is InChI=1S/C16H15F2N/c17-13-6-7-14(15(18)9-13)16(19)12-5-4-10-2-1-3-11(10)8-12/h4-9,16H,1-3,19H2. The van der Waals surface area contributed by atoms with Crippen LogP contribution in [0.15, 0.2) is 36.4 Å². The SMILES string of the molecule is NC(c1ccc2c(c1)CCC2)c1ccc(F)cc1F. The number of hydrogen-bond donors (Lipinski definition) is 1. The maximum Gasteiger partial charge on any atom is 0.131 e. The Morgan fingerprint density at radius 1 is 0.947 bits per heavy atom. The molecular weight excluding hydrogens is 244 g/mol. The van der Waals surface area contributed by atoms with Crippen molar-refractivity contribution in [2.24, 2.45) is 5.73 Å². The third-order valence-corrected chi connectivity index (χ3v) is 3.78. The van der Waals surface area contributed by atoms with Crippen LogP contribution in [0.25, 0.3) is 0 Å². The fourth-order valence-corrected chi connectivity index (χ4v) is 2.72. The third-order valence-electron chi connectivity index (χ3n) is 3.78. The van der Waals surface area contributed by atoms with Crippen molar-refractivity contribution in [3.8, 4) is 0 Å². The lowest BCUT2D eigenvalue weighted by Gasteiger charge is -2.15. The normalized spacial score (nSPS) is 15.3. The predicted octanol–water partition coefficient (Wildman–Crippen LogP) is 3.50. The van der Waals surface area contributed by atoms with Crippen molar-refractivity contribution in [2.45, 2.75) is 25.3 Å². The molecule has 0 saturated heterocycles. The van der Waals surface area contributed by atoms with Crippen molar-refractivity contribution in [2.75, 3.05) is 0 Å².